The zero-order valence-corrected chi connectivity index (χ0v) is 6.97. The van der Waals surface area contributed by atoms with E-state index in [-0.39, 0.29) is 11.8 Å². The Hall–Kier alpha value is -0.530. The summed E-state index contributed by atoms with van der Waals surface area (Å²) in [4.78, 5) is 11.2. The number of fused-ring (bicyclic) bond motifs is 1. The molecule has 1 amide bonds. The highest BCUT2D eigenvalue weighted by molar-refractivity contribution is 5.81. The molecule has 1 aliphatic heterocycles. The van der Waals surface area contributed by atoms with E-state index < -0.39 is 0 Å². The van der Waals surface area contributed by atoms with Crippen molar-refractivity contribution < 1.29 is 4.79 Å². The highest BCUT2D eigenvalue weighted by Gasteiger charge is 2.39. The summed E-state index contributed by atoms with van der Waals surface area (Å²) < 4.78 is 0. The zero-order valence-electron chi connectivity index (χ0n) is 6.97. The van der Waals surface area contributed by atoms with Gasteiger partial charge < -0.3 is 5.32 Å². The summed E-state index contributed by atoms with van der Waals surface area (Å²) >= 11 is 0. The van der Waals surface area contributed by atoms with Crippen LogP contribution < -0.4 is 5.32 Å². The molecule has 1 heterocycles. The minimum absolute atomic E-state index is 0.278. The lowest BCUT2D eigenvalue weighted by atomic mass is 9.81. The van der Waals surface area contributed by atoms with Gasteiger partial charge in [0.1, 0.15) is 0 Å². The molecular weight excluding hydrogens is 138 g/mol. The van der Waals surface area contributed by atoms with E-state index in [1.807, 2.05) is 0 Å². The third-order valence-electron chi connectivity index (χ3n) is 3.20. The minimum atomic E-state index is 0.278. The van der Waals surface area contributed by atoms with Crippen LogP contribution in [0.25, 0.3) is 0 Å². The number of carbonyl (C=O) groups excluding carboxylic acids is 1. The molecule has 0 aromatic heterocycles. The lowest BCUT2D eigenvalue weighted by molar-refractivity contribution is -0.122. The van der Waals surface area contributed by atoms with E-state index in [1.54, 1.807) is 0 Å². The summed E-state index contributed by atoms with van der Waals surface area (Å²) in [6.45, 7) is 2.06. The number of hydrogen-bond donors (Lipinski definition) is 1. The first-order valence-corrected chi connectivity index (χ1v) is 4.59. The van der Waals surface area contributed by atoms with Crippen molar-refractivity contribution in [2.45, 2.75) is 38.6 Å². The first-order chi connectivity index (χ1) is 5.29. The fourth-order valence-corrected chi connectivity index (χ4v) is 2.45. The first-order valence-electron chi connectivity index (χ1n) is 4.59. The maximum atomic E-state index is 11.2. The Bertz CT molecular complexity index is 178. The Balaban J connectivity index is 2.11. The van der Waals surface area contributed by atoms with Crippen LogP contribution in [0.15, 0.2) is 0 Å². The minimum Gasteiger partial charge on any atom is -0.353 e. The van der Waals surface area contributed by atoms with Crippen LogP contribution >= 0.6 is 0 Å². The summed E-state index contributed by atoms with van der Waals surface area (Å²) in [6.07, 6.45) is 5.08. The summed E-state index contributed by atoms with van der Waals surface area (Å²) in [6, 6.07) is 0.520. The lowest BCUT2D eigenvalue weighted by Gasteiger charge is -2.25. The fraction of sp³-hybridized carbons (Fsp3) is 0.889. The number of nitrogens with one attached hydrogen (secondary N) is 1. The van der Waals surface area contributed by atoms with E-state index in [0.717, 1.165) is 0 Å². The van der Waals surface area contributed by atoms with Crippen LogP contribution in [0.1, 0.15) is 32.6 Å². The Morgan fingerprint density at radius 2 is 2.09 bits per heavy atom. The molecule has 62 valence electrons. The molecule has 1 aliphatic carbocycles. The third-order valence-corrected chi connectivity index (χ3v) is 3.20. The molecular formula is C9H15NO. The van der Waals surface area contributed by atoms with Crippen molar-refractivity contribution in [2.24, 2.45) is 11.8 Å². The Kier molecular flexibility index (Phi) is 1.63. The molecule has 2 nitrogen and oxygen atoms in total. The molecule has 0 spiro atoms. The van der Waals surface area contributed by atoms with Crippen LogP contribution in [0.3, 0.4) is 0 Å². The van der Waals surface area contributed by atoms with Crippen LogP contribution in [0.5, 0.6) is 0 Å². The largest absolute Gasteiger partial charge is 0.353 e. The van der Waals surface area contributed by atoms with Gasteiger partial charge in [0.25, 0.3) is 0 Å². The summed E-state index contributed by atoms with van der Waals surface area (Å²) in [5, 5.41) is 3.07. The van der Waals surface area contributed by atoms with Crippen LogP contribution in [0.4, 0.5) is 0 Å². The molecule has 0 unspecified atom stereocenters. The topological polar surface area (TPSA) is 29.1 Å². The molecule has 0 aromatic rings. The first kappa shape index (κ1) is 7.14. The van der Waals surface area contributed by atoms with Crippen molar-refractivity contribution in [1.29, 1.82) is 0 Å². The standard InChI is InChI=1S/C9H15NO/c1-6-7-4-2-3-5-8(7)10-9(6)11/h6-8H,2-5H2,1H3,(H,10,11)/t6-,7-,8+/m1/s1. The van der Waals surface area contributed by atoms with Crippen molar-refractivity contribution >= 4 is 5.91 Å². The normalized spacial score (nSPS) is 43.4. The van der Waals surface area contributed by atoms with Crippen LogP contribution in [-0.2, 0) is 4.79 Å². The Morgan fingerprint density at radius 1 is 1.36 bits per heavy atom. The SMILES string of the molecule is C[C@H]1C(=O)N[C@H]2CCCC[C@@H]21. The quantitative estimate of drug-likeness (QED) is 0.558. The second-order valence-corrected chi connectivity index (χ2v) is 3.85. The van der Waals surface area contributed by atoms with E-state index in [9.17, 15) is 4.79 Å². The van der Waals surface area contributed by atoms with Gasteiger partial charge in [-0.05, 0) is 18.8 Å². The van der Waals surface area contributed by atoms with Crippen LogP contribution in [0.2, 0.25) is 0 Å². The van der Waals surface area contributed by atoms with Crippen molar-refractivity contribution in [3.8, 4) is 0 Å². The molecule has 1 N–H and O–H groups in total. The molecule has 2 aliphatic rings. The van der Waals surface area contributed by atoms with E-state index in [1.165, 1.54) is 25.7 Å². The van der Waals surface area contributed by atoms with Gasteiger partial charge >= 0.3 is 0 Å². The van der Waals surface area contributed by atoms with Gasteiger partial charge in [-0.2, -0.15) is 0 Å². The van der Waals surface area contributed by atoms with Crippen molar-refractivity contribution in [2.75, 3.05) is 0 Å². The maximum absolute atomic E-state index is 11.2. The van der Waals surface area contributed by atoms with Crippen LogP contribution in [-0.4, -0.2) is 11.9 Å². The summed E-state index contributed by atoms with van der Waals surface area (Å²) in [7, 11) is 0. The molecule has 1 saturated heterocycles. The molecule has 3 atom stereocenters. The Morgan fingerprint density at radius 3 is 2.82 bits per heavy atom. The van der Waals surface area contributed by atoms with Gasteiger partial charge in [-0.1, -0.05) is 19.8 Å². The number of amides is 1. The molecule has 0 bridgehead atoms. The monoisotopic (exact) mass is 153 g/mol. The average molecular weight is 153 g/mol. The van der Waals surface area contributed by atoms with Gasteiger partial charge in [-0.3, -0.25) is 4.79 Å². The van der Waals surface area contributed by atoms with Gasteiger partial charge in [0.2, 0.25) is 5.91 Å². The van der Waals surface area contributed by atoms with Gasteiger partial charge in [0, 0.05) is 12.0 Å². The van der Waals surface area contributed by atoms with E-state index >= 15 is 0 Å². The lowest BCUT2D eigenvalue weighted by Crippen LogP contribution is -2.31. The second kappa shape index (κ2) is 2.50. The third kappa shape index (κ3) is 1.05. The predicted octanol–water partition coefficient (Wildman–Crippen LogP) is 1.31. The molecule has 0 radical (unpaired) electrons. The molecule has 0 aromatic carbocycles. The van der Waals surface area contributed by atoms with Crippen LogP contribution in [0, 0.1) is 11.8 Å². The zero-order chi connectivity index (χ0) is 7.84. The molecule has 11 heavy (non-hydrogen) atoms. The highest BCUT2D eigenvalue weighted by Crippen LogP contribution is 2.34. The van der Waals surface area contributed by atoms with Crippen molar-refractivity contribution in [3.05, 3.63) is 0 Å². The maximum Gasteiger partial charge on any atom is 0.223 e. The van der Waals surface area contributed by atoms with Gasteiger partial charge in [-0.25, -0.2) is 0 Å². The number of hydrogen-bond acceptors (Lipinski definition) is 1. The van der Waals surface area contributed by atoms with Gasteiger partial charge in [0.15, 0.2) is 0 Å². The van der Waals surface area contributed by atoms with E-state index in [4.69, 9.17) is 0 Å². The fourth-order valence-electron chi connectivity index (χ4n) is 2.45. The number of carbonyl (C=O) groups is 1. The molecule has 2 fully saturated rings. The van der Waals surface area contributed by atoms with Crippen molar-refractivity contribution in [1.82, 2.24) is 5.32 Å². The summed E-state index contributed by atoms with van der Waals surface area (Å²) in [5.74, 6) is 1.21. The number of rotatable bonds is 0. The second-order valence-electron chi connectivity index (χ2n) is 3.85. The molecule has 2 heteroatoms. The van der Waals surface area contributed by atoms with Gasteiger partial charge in [0.05, 0.1) is 0 Å². The smallest absolute Gasteiger partial charge is 0.223 e. The predicted molar refractivity (Wildman–Crippen MR) is 43.1 cm³/mol. The van der Waals surface area contributed by atoms with E-state index in [0.29, 0.717) is 12.0 Å². The molecule has 1 saturated carbocycles. The van der Waals surface area contributed by atoms with Gasteiger partial charge in [-0.15, -0.1) is 0 Å². The Labute approximate surface area is 67.4 Å². The summed E-state index contributed by atoms with van der Waals surface area (Å²) in [5.41, 5.74) is 0. The van der Waals surface area contributed by atoms with Crippen molar-refractivity contribution in [3.63, 3.8) is 0 Å². The highest BCUT2D eigenvalue weighted by atomic mass is 16.2. The average Bonchev–Trinajstić information content (AvgIpc) is 2.30. The van der Waals surface area contributed by atoms with E-state index in [2.05, 4.69) is 12.2 Å². The molecule has 2 rings (SSSR count).